The molecule has 1 saturated heterocycles. The normalized spacial score (nSPS) is 27.1. The number of ether oxygens (including phenoxy) is 1. The van der Waals surface area contributed by atoms with Gasteiger partial charge >= 0.3 is 0 Å². The molecular weight excluding hydrogens is 1140 g/mol. The zero-order valence-electron chi connectivity index (χ0n) is 58.3. The lowest BCUT2D eigenvalue weighted by Crippen LogP contribution is -2.64. The van der Waals surface area contributed by atoms with Gasteiger partial charge in [-0.2, -0.15) is 0 Å². The van der Waals surface area contributed by atoms with Crippen LogP contribution < -0.4 is 27.0 Å². The van der Waals surface area contributed by atoms with Crippen LogP contribution in [0.5, 0.6) is 0 Å². The summed E-state index contributed by atoms with van der Waals surface area (Å²) in [4.78, 5) is 170. The SMILES string of the molecule is C/C=C/C[C@@H](C)[C@@H](O)[C@H]1C(=O)N[C@@H](CC)C(=O)N(C)C(OCCN)C(=O)N(C)[C@@H](CC(C)C)C(=O)N[C@@H](C(C)C)C(=O)N(C)[C@@H](CC(C)C)C(=O)N[C@@H](C)C(=O)N[C@H](C)C(=O)N(C)[C@@H](CC(C)C)C(=O)N(C)[C@@H](CC(C)C)C(=O)N(C)[C@@H](C(C)C)C(=O)N1C. The molecule has 0 spiro atoms. The van der Waals surface area contributed by atoms with Crippen LogP contribution in [-0.2, 0) is 57.5 Å². The highest BCUT2D eigenvalue weighted by Gasteiger charge is 2.46. The number of likely N-dealkylation sites (N-methyl/N-ethyl adjacent to an activating group) is 7. The number of aliphatic hydroxyl groups is 1. The first-order valence-corrected chi connectivity index (χ1v) is 31.9. The molecule has 25 heteroatoms. The molecule has 89 heavy (non-hydrogen) atoms. The number of carbonyl (C=O) groups excluding carboxylic acids is 11. The first-order chi connectivity index (χ1) is 41.2. The van der Waals surface area contributed by atoms with Crippen molar-refractivity contribution in [2.24, 2.45) is 47.2 Å². The molecule has 0 saturated carbocycles. The van der Waals surface area contributed by atoms with Gasteiger partial charge in [-0.05, 0) is 101 Å². The molecule has 1 fully saturated rings. The van der Waals surface area contributed by atoms with Crippen molar-refractivity contribution in [2.75, 3.05) is 62.5 Å². The molecule has 0 aromatic rings. The molecule has 0 aromatic heterocycles. The number of hydrogen-bond acceptors (Lipinski definition) is 14. The lowest BCUT2D eigenvalue weighted by molar-refractivity contribution is -0.167. The Morgan fingerprint density at radius 2 is 0.888 bits per heavy atom. The second-order valence-corrected chi connectivity index (χ2v) is 26.8. The number of allylic oxidation sites excluding steroid dienone is 2. The zero-order valence-corrected chi connectivity index (χ0v) is 58.3. The summed E-state index contributed by atoms with van der Waals surface area (Å²) < 4.78 is 5.99. The smallest absolute Gasteiger partial charge is 0.273 e. The second-order valence-electron chi connectivity index (χ2n) is 26.8. The lowest BCUT2D eigenvalue weighted by Gasteiger charge is -2.41. The fourth-order valence-corrected chi connectivity index (χ4v) is 11.1. The van der Waals surface area contributed by atoms with E-state index in [1.165, 1.54) is 82.8 Å². The van der Waals surface area contributed by atoms with Crippen molar-refractivity contribution in [3.8, 4) is 0 Å². The number of nitrogens with zero attached hydrogens (tertiary/aromatic N) is 7. The predicted molar refractivity (Wildman–Crippen MR) is 342 cm³/mol. The van der Waals surface area contributed by atoms with Crippen molar-refractivity contribution < 1.29 is 62.6 Å². The quantitative estimate of drug-likeness (QED) is 0.108. The van der Waals surface area contributed by atoms with Crippen LogP contribution in [0.2, 0.25) is 0 Å². The van der Waals surface area contributed by atoms with Gasteiger partial charge in [0.05, 0.1) is 12.7 Å². The molecule has 0 bridgehead atoms. The largest absolute Gasteiger partial charge is 0.390 e. The molecule has 1 heterocycles. The number of carbonyl (C=O) groups is 11. The van der Waals surface area contributed by atoms with Crippen molar-refractivity contribution in [1.82, 2.24) is 55.6 Å². The maximum atomic E-state index is 15.2. The van der Waals surface area contributed by atoms with Gasteiger partial charge in [0, 0.05) is 55.9 Å². The topological polar surface area (TPSA) is 314 Å². The Balaban J connectivity index is 4.48. The number of nitrogens with one attached hydrogen (secondary N) is 4. The van der Waals surface area contributed by atoms with Crippen LogP contribution >= 0.6 is 0 Å². The molecule has 11 amide bonds. The molecule has 1 aliphatic rings. The Morgan fingerprint density at radius 1 is 0.472 bits per heavy atom. The average molecular weight is 1260 g/mol. The number of amides is 11. The van der Waals surface area contributed by atoms with E-state index in [-0.39, 0.29) is 75.3 Å². The minimum absolute atomic E-state index is 0.0569. The van der Waals surface area contributed by atoms with Crippen molar-refractivity contribution in [1.29, 1.82) is 0 Å². The summed E-state index contributed by atoms with van der Waals surface area (Å²) in [5.74, 6) is -10.5. The van der Waals surface area contributed by atoms with Crippen LogP contribution in [0.15, 0.2) is 12.2 Å². The average Bonchev–Trinajstić information content (AvgIpc) is 2.43. The maximum absolute atomic E-state index is 15.2. The molecule has 1 unspecified atom stereocenters. The van der Waals surface area contributed by atoms with Gasteiger partial charge in [0.25, 0.3) is 5.91 Å². The molecular formula is C64H116N12O13. The lowest BCUT2D eigenvalue weighted by atomic mass is 9.91. The summed E-state index contributed by atoms with van der Waals surface area (Å²) in [6.07, 6.45) is 1.02. The van der Waals surface area contributed by atoms with E-state index in [1.807, 2.05) is 55.4 Å². The molecule has 7 N–H and O–H groups in total. The molecule has 0 aromatic carbocycles. The van der Waals surface area contributed by atoms with Crippen LogP contribution in [-0.4, -0.2) is 240 Å². The third-order valence-corrected chi connectivity index (χ3v) is 16.6. The maximum Gasteiger partial charge on any atom is 0.273 e. The van der Waals surface area contributed by atoms with E-state index >= 15 is 19.2 Å². The Morgan fingerprint density at radius 3 is 1.33 bits per heavy atom. The number of nitrogens with two attached hydrogens (primary N) is 1. The molecule has 25 nitrogen and oxygen atoms in total. The fraction of sp³-hybridized carbons (Fsp3) is 0.797. The molecule has 13 atom stereocenters. The second kappa shape index (κ2) is 37.2. The third-order valence-electron chi connectivity index (χ3n) is 16.6. The van der Waals surface area contributed by atoms with Crippen LogP contribution in [0, 0.1) is 41.4 Å². The molecule has 1 rings (SSSR count). The number of rotatable bonds is 18. The van der Waals surface area contributed by atoms with E-state index in [0.717, 1.165) is 14.7 Å². The summed E-state index contributed by atoms with van der Waals surface area (Å²) in [6.45, 7) is 29.3. The fourth-order valence-electron chi connectivity index (χ4n) is 11.1. The minimum atomic E-state index is -1.72. The van der Waals surface area contributed by atoms with Gasteiger partial charge in [-0.1, -0.05) is 109 Å². The van der Waals surface area contributed by atoms with Gasteiger partial charge in [-0.3, -0.25) is 52.7 Å². The zero-order chi connectivity index (χ0) is 69.0. The highest BCUT2D eigenvalue weighted by Crippen LogP contribution is 2.26. The Labute approximate surface area is 532 Å². The van der Waals surface area contributed by atoms with E-state index < -0.39 is 155 Å². The van der Waals surface area contributed by atoms with E-state index in [9.17, 15) is 38.7 Å². The summed E-state index contributed by atoms with van der Waals surface area (Å²) >= 11 is 0. The summed E-state index contributed by atoms with van der Waals surface area (Å²) in [5.41, 5.74) is 5.89. The van der Waals surface area contributed by atoms with Gasteiger partial charge in [0.2, 0.25) is 65.3 Å². The molecule has 0 aliphatic carbocycles. The number of hydrogen-bond donors (Lipinski definition) is 6. The first-order valence-electron chi connectivity index (χ1n) is 31.9. The van der Waals surface area contributed by atoms with Crippen molar-refractivity contribution in [3.63, 3.8) is 0 Å². The van der Waals surface area contributed by atoms with Crippen LogP contribution in [0.1, 0.15) is 156 Å². The van der Waals surface area contributed by atoms with Crippen molar-refractivity contribution >= 4 is 65.0 Å². The van der Waals surface area contributed by atoms with Gasteiger partial charge in [-0.25, -0.2) is 0 Å². The first kappa shape index (κ1) is 80.8. The monoisotopic (exact) mass is 1260 g/mol. The highest BCUT2D eigenvalue weighted by atomic mass is 16.5. The van der Waals surface area contributed by atoms with Gasteiger partial charge in [0.1, 0.15) is 60.4 Å². The highest BCUT2D eigenvalue weighted by molar-refractivity contribution is 6.00. The van der Waals surface area contributed by atoms with Crippen molar-refractivity contribution in [2.45, 2.75) is 229 Å². The molecule has 1 aliphatic heterocycles. The van der Waals surface area contributed by atoms with E-state index in [4.69, 9.17) is 10.5 Å². The minimum Gasteiger partial charge on any atom is -0.390 e. The van der Waals surface area contributed by atoms with E-state index in [0.29, 0.717) is 0 Å². The Hall–Kier alpha value is -6.21. The van der Waals surface area contributed by atoms with Crippen LogP contribution in [0.25, 0.3) is 0 Å². The summed E-state index contributed by atoms with van der Waals surface area (Å²) in [5, 5.41) is 23.2. The molecule has 510 valence electrons. The summed E-state index contributed by atoms with van der Waals surface area (Å²) in [7, 11) is 9.72. The standard InChI is InChI=1S/C64H116N12O13/c1-25-27-28-41(15)52(77)51-56(81)68-44(26-2)58(83)76(24)64(89-30-29-65)63(88)71(19)46(32-36(5)6)55(80)69-49(39(11)12)61(86)70(18)45(31-35(3)4)54(79)66-42(16)53(78)67-43(17)57(82)72(20)47(33-37(7)8)59(84)73(21)48(34-38(9)10)60(85)74(22)50(40(13)14)62(87)75(51)23/h25,27,35-52,64,77H,26,28-34,65H2,1-24H3,(H,66,79)(H,67,78)(H,68,81)(H,69,80)/b27-25+/t41-,42+,43-,44+,45+,46+,47+,48+,49+,50+,51+,52-,64?/m1/s1. The van der Waals surface area contributed by atoms with Crippen molar-refractivity contribution in [3.05, 3.63) is 12.2 Å². The Kier molecular flexibility index (Phi) is 33.8. The van der Waals surface area contributed by atoms with Gasteiger partial charge < -0.3 is 71.1 Å². The third kappa shape index (κ3) is 22.6. The van der Waals surface area contributed by atoms with Crippen LogP contribution in [0.4, 0.5) is 0 Å². The van der Waals surface area contributed by atoms with Gasteiger partial charge in [0.15, 0.2) is 0 Å². The predicted octanol–water partition coefficient (Wildman–Crippen LogP) is 2.57. The van der Waals surface area contributed by atoms with Crippen LogP contribution in [0.3, 0.4) is 0 Å². The Bertz CT molecular complexity index is 2420. The van der Waals surface area contributed by atoms with E-state index in [1.54, 1.807) is 60.6 Å². The van der Waals surface area contributed by atoms with E-state index in [2.05, 4.69) is 21.3 Å². The van der Waals surface area contributed by atoms with Gasteiger partial charge in [-0.15, -0.1) is 0 Å². The number of aliphatic hydroxyl groups excluding tert-OH is 1. The molecule has 0 radical (unpaired) electrons. The summed E-state index contributed by atoms with van der Waals surface area (Å²) in [6, 6.07) is -12.8.